The van der Waals surface area contributed by atoms with Crippen molar-refractivity contribution in [1.29, 1.82) is 5.26 Å². The topological polar surface area (TPSA) is 49.8 Å². The van der Waals surface area contributed by atoms with Gasteiger partial charge in [0.05, 0.1) is 25.3 Å². The first-order valence-electron chi connectivity index (χ1n) is 14.4. The normalized spacial score (nSPS) is 20.8. The fourth-order valence-electron chi connectivity index (χ4n) is 6.39. The average molecular weight is 572 g/mol. The third-order valence-electron chi connectivity index (χ3n) is 8.43. The highest BCUT2D eigenvalue weighted by molar-refractivity contribution is 7.13. The van der Waals surface area contributed by atoms with Gasteiger partial charge in [0.1, 0.15) is 17.1 Å². The van der Waals surface area contributed by atoms with E-state index in [4.69, 9.17) is 16.0 Å². The number of ether oxygens (including phenoxy) is 2. The number of rotatable bonds is 6. The van der Waals surface area contributed by atoms with Crippen molar-refractivity contribution in [2.45, 2.75) is 45.1 Å². The summed E-state index contributed by atoms with van der Waals surface area (Å²) in [7, 11) is 1.78. The summed E-state index contributed by atoms with van der Waals surface area (Å²) < 4.78 is 12.3. The number of hydrogen-bond donors (Lipinski definition) is 0. The molecule has 6 heteroatoms. The minimum atomic E-state index is -0.871. The van der Waals surface area contributed by atoms with Crippen LogP contribution in [0.5, 0.6) is 5.75 Å². The fourth-order valence-corrected chi connectivity index (χ4v) is 7.20. The lowest BCUT2D eigenvalue weighted by Crippen LogP contribution is -2.34. The van der Waals surface area contributed by atoms with Crippen LogP contribution < -0.4 is 9.64 Å². The number of benzene rings is 2. The summed E-state index contributed by atoms with van der Waals surface area (Å²) in [4.78, 5) is 8.56. The molecule has 6 rings (SSSR count). The maximum absolute atomic E-state index is 9.57. The quantitative estimate of drug-likeness (QED) is 0.220. The van der Waals surface area contributed by atoms with E-state index in [9.17, 15) is 5.26 Å². The second-order valence-corrected chi connectivity index (χ2v) is 12.2. The van der Waals surface area contributed by atoms with Crippen LogP contribution in [0.1, 0.15) is 58.7 Å². The first kappa shape index (κ1) is 27.6. The Kier molecular flexibility index (Phi) is 7.50. The Morgan fingerprint density at radius 2 is 1.79 bits per heavy atom. The van der Waals surface area contributed by atoms with Gasteiger partial charge >= 0.3 is 0 Å². The summed E-state index contributed by atoms with van der Waals surface area (Å²) >= 11 is 1.69. The Labute approximate surface area is 252 Å². The Morgan fingerprint density at radius 1 is 1.07 bits per heavy atom. The van der Waals surface area contributed by atoms with Gasteiger partial charge in [0.25, 0.3) is 0 Å². The van der Waals surface area contributed by atoms with Crippen molar-refractivity contribution in [3.63, 3.8) is 0 Å². The van der Waals surface area contributed by atoms with Gasteiger partial charge in [0.15, 0.2) is 0 Å². The van der Waals surface area contributed by atoms with Crippen LogP contribution in [0.25, 0.3) is 23.1 Å². The van der Waals surface area contributed by atoms with Crippen molar-refractivity contribution < 1.29 is 9.47 Å². The van der Waals surface area contributed by atoms with E-state index in [1.165, 1.54) is 29.7 Å². The van der Waals surface area contributed by atoms with Crippen molar-refractivity contribution >= 4 is 35.3 Å². The largest absolute Gasteiger partial charge is 0.496 e. The highest BCUT2D eigenvalue weighted by atomic mass is 32.1. The van der Waals surface area contributed by atoms with Gasteiger partial charge in [0.2, 0.25) is 5.70 Å². The molecule has 0 radical (unpaired) electrons. The van der Waals surface area contributed by atoms with Crippen LogP contribution in [0.4, 0.5) is 5.69 Å². The van der Waals surface area contributed by atoms with Crippen LogP contribution in [0.15, 0.2) is 77.2 Å². The molecule has 1 atom stereocenters. The molecule has 0 fully saturated rings. The summed E-state index contributed by atoms with van der Waals surface area (Å²) in [6.07, 6.45) is 12.9. The van der Waals surface area contributed by atoms with E-state index in [1.54, 1.807) is 25.4 Å². The second-order valence-electron chi connectivity index (χ2n) is 11.0. The molecule has 0 spiro atoms. The molecular weight excluding hydrogens is 538 g/mol. The van der Waals surface area contributed by atoms with Gasteiger partial charge in [-0.1, -0.05) is 36.4 Å². The Balaban J connectivity index is 1.31. The molecule has 5 nitrogen and oxygen atoms in total. The molecule has 1 aromatic heterocycles. The predicted molar refractivity (Wildman–Crippen MR) is 171 cm³/mol. The van der Waals surface area contributed by atoms with Crippen LogP contribution in [0.2, 0.25) is 0 Å². The minimum absolute atomic E-state index is 0.356. The monoisotopic (exact) mass is 571 g/mol. The van der Waals surface area contributed by atoms with Gasteiger partial charge in [-0.25, -0.2) is 4.85 Å². The Hall–Kier alpha value is -4.52. The standard InChI is InChI=1S/C36H33N3O2S/c1-24(23-37)34-32(38-3)31(36(2,41-34)27-11-6-5-7-12-27)19-18-29-17-16-28(42-29)15-14-26-22-25-10-8-20-39-21-9-13-30(33(25)39)35(26)40-4/h5-7,11-12,14-19,22H,8-10,13,20-21H2,1-2,4H3/b15-14+,19-18+,34-24+. The van der Waals surface area contributed by atoms with E-state index in [1.807, 2.05) is 49.4 Å². The lowest BCUT2D eigenvalue weighted by atomic mass is 9.87. The molecule has 3 aliphatic rings. The molecule has 0 N–H and O–H groups in total. The molecule has 0 aliphatic carbocycles. The van der Waals surface area contributed by atoms with Crippen molar-refractivity contribution in [1.82, 2.24) is 0 Å². The molecule has 4 heterocycles. The van der Waals surface area contributed by atoms with Gasteiger partial charge < -0.3 is 14.4 Å². The third kappa shape index (κ3) is 4.83. The summed E-state index contributed by atoms with van der Waals surface area (Å²) in [5.41, 5.74) is 6.95. The number of hydrogen-bond acceptors (Lipinski definition) is 5. The van der Waals surface area contributed by atoms with Crippen molar-refractivity contribution in [3.05, 3.63) is 121 Å². The molecule has 2 aromatic carbocycles. The predicted octanol–water partition coefficient (Wildman–Crippen LogP) is 8.56. The molecule has 42 heavy (non-hydrogen) atoms. The molecule has 3 aromatic rings. The smallest absolute Gasteiger partial charge is 0.236 e. The molecule has 0 bridgehead atoms. The van der Waals surface area contributed by atoms with Gasteiger partial charge in [-0.2, -0.15) is 5.26 Å². The number of thiophene rings is 1. The zero-order chi connectivity index (χ0) is 29.3. The molecule has 210 valence electrons. The summed E-state index contributed by atoms with van der Waals surface area (Å²) in [6.45, 7) is 13.9. The third-order valence-corrected chi connectivity index (χ3v) is 9.45. The average Bonchev–Trinajstić information content (AvgIpc) is 3.61. The number of nitrogens with zero attached hydrogens (tertiary/aromatic N) is 3. The Bertz CT molecular complexity index is 1740. The molecule has 0 saturated carbocycles. The number of allylic oxidation sites excluding steroid dienone is 1. The van der Waals surface area contributed by atoms with Crippen molar-refractivity contribution in [2.24, 2.45) is 0 Å². The van der Waals surface area contributed by atoms with Crippen LogP contribution in [0.3, 0.4) is 0 Å². The highest BCUT2D eigenvalue weighted by Crippen LogP contribution is 2.48. The zero-order valence-corrected chi connectivity index (χ0v) is 25.1. The van der Waals surface area contributed by atoms with Gasteiger partial charge in [-0.15, -0.1) is 11.3 Å². The first-order valence-corrected chi connectivity index (χ1v) is 15.2. The van der Waals surface area contributed by atoms with Gasteiger partial charge in [0, 0.05) is 45.2 Å². The number of aryl methyl sites for hydroxylation is 1. The molecule has 0 saturated heterocycles. The van der Waals surface area contributed by atoms with Crippen LogP contribution in [-0.4, -0.2) is 20.2 Å². The van der Waals surface area contributed by atoms with E-state index < -0.39 is 5.60 Å². The lowest BCUT2D eigenvalue weighted by molar-refractivity contribution is 0.0750. The van der Waals surface area contributed by atoms with Crippen LogP contribution in [0, 0.1) is 17.9 Å². The zero-order valence-electron chi connectivity index (χ0n) is 24.2. The number of methoxy groups -OCH3 is 1. The SMILES string of the molecule is [C-]#[N+]C1=C(/C=C/c2ccc(/C=C/c3cc4c5c(c3OC)CCCN5CCC4)s2)C(C)(c2ccccc2)O/C1=C(\C)C#N. The van der Waals surface area contributed by atoms with E-state index in [2.05, 4.69) is 46.2 Å². The molecule has 1 unspecified atom stereocenters. The van der Waals surface area contributed by atoms with Gasteiger partial charge in [-0.3, -0.25) is 0 Å². The highest BCUT2D eigenvalue weighted by Gasteiger charge is 2.43. The molecule has 3 aliphatic heterocycles. The van der Waals surface area contributed by atoms with Gasteiger partial charge in [-0.05, 0) is 87.1 Å². The summed E-state index contributed by atoms with van der Waals surface area (Å²) in [6, 6.07) is 18.6. The summed E-state index contributed by atoms with van der Waals surface area (Å²) in [5, 5.41) is 9.57. The molecule has 0 amide bonds. The minimum Gasteiger partial charge on any atom is -0.496 e. The number of nitriles is 1. The Morgan fingerprint density at radius 3 is 2.48 bits per heavy atom. The lowest BCUT2D eigenvalue weighted by Gasteiger charge is -2.38. The van der Waals surface area contributed by atoms with E-state index in [0.29, 0.717) is 17.0 Å². The van der Waals surface area contributed by atoms with E-state index >= 15 is 0 Å². The van der Waals surface area contributed by atoms with Crippen molar-refractivity contribution in [3.8, 4) is 11.8 Å². The first-order chi connectivity index (χ1) is 20.5. The van der Waals surface area contributed by atoms with Crippen LogP contribution in [-0.2, 0) is 23.2 Å². The van der Waals surface area contributed by atoms with Crippen LogP contribution >= 0.6 is 11.3 Å². The maximum atomic E-state index is 9.57. The van der Waals surface area contributed by atoms with E-state index in [0.717, 1.165) is 58.1 Å². The fraction of sp³-hybridized carbons (Fsp3) is 0.278. The maximum Gasteiger partial charge on any atom is 0.236 e. The molecular formula is C36H33N3O2S. The summed E-state index contributed by atoms with van der Waals surface area (Å²) in [5.74, 6) is 1.36. The van der Waals surface area contributed by atoms with Crippen molar-refractivity contribution in [2.75, 3.05) is 25.1 Å². The van der Waals surface area contributed by atoms with E-state index in [-0.39, 0.29) is 0 Å². The second kappa shape index (κ2) is 11.4. The number of anilines is 1.